The molecule has 0 saturated heterocycles. The van der Waals surface area contributed by atoms with Crippen LogP contribution < -0.4 is 11.1 Å². The Hall–Kier alpha value is -0.240. The van der Waals surface area contributed by atoms with E-state index < -0.39 is 0 Å². The van der Waals surface area contributed by atoms with Gasteiger partial charge in [-0.25, -0.2) is 0 Å². The molecule has 0 aromatic rings. The smallest absolute Gasteiger partial charge is 0.0698 e. The predicted octanol–water partition coefficient (Wildman–Crippen LogP) is -2.49. The van der Waals surface area contributed by atoms with Crippen LogP contribution in [0.5, 0.6) is 0 Å². The second kappa shape index (κ2) is 18.5. The minimum Gasteiger partial charge on any atom is -0.395 e. The van der Waals surface area contributed by atoms with Gasteiger partial charge >= 0.3 is 0 Å². The molecule has 0 spiro atoms. The van der Waals surface area contributed by atoms with E-state index in [2.05, 4.69) is 5.32 Å². The summed E-state index contributed by atoms with van der Waals surface area (Å²) in [5.41, 5.74) is 5.06. The van der Waals surface area contributed by atoms with E-state index in [1.807, 2.05) is 0 Å². The summed E-state index contributed by atoms with van der Waals surface area (Å²) in [6.45, 7) is 2.97. The van der Waals surface area contributed by atoms with E-state index in [-0.39, 0.29) is 19.8 Å². The molecule has 6 nitrogen and oxygen atoms in total. The van der Waals surface area contributed by atoms with E-state index in [4.69, 9.17) is 25.8 Å². The molecule has 0 rings (SSSR count). The molecule has 0 aromatic carbocycles. The van der Waals surface area contributed by atoms with Crippen LogP contribution in [0.4, 0.5) is 0 Å². The second-order valence-electron chi connectivity index (χ2n) is 2.32. The average molecular weight is 210 g/mol. The first-order valence-corrected chi connectivity index (χ1v) is 4.64. The average Bonchev–Trinajstić information content (AvgIpc) is 2.21. The Kier molecular flexibility index (Phi) is 21.4. The first kappa shape index (κ1) is 16.2. The molecule has 0 aliphatic rings. The van der Waals surface area contributed by atoms with E-state index in [9.17, 15) is 0 Å². The Morgan fingerprint density at radius 3 is 1.86 bits per heavy atom. The third kappa shape index (κ3) is 22.6. The van der Waals surface area contributed by atoms with Crippen LogP contribution in [0.3, 0.4) is 0 Å². The topological polar surface area (TPSA) is 108 Å². The van der Waals surface area contributed by atoms with Crippen molar-refractivity contribution in [2.75, 3.05) is 52.7 Å². The Morgan fingerprint density at radius 2 is 1.50 bits per heavy atom. The molecule has 6 N–H and O–H groups in total. The van der Waals surface area contributed by atoms with Gasteiger partial charge in [0.25, 0.3) is 0 Å². The zero-order chi connectivity index (χ0) is 11.1. The van der Waals surface area contributed by atoms with Crippen molar-refractivity contribution >= 4 is 0 Å². The Morgan fingerprint density at radius 1 is 0.929 bits per heavy atom. The Labute approximate surface area is 84.7 Å². The van der Waals surface area contributed by atoms with E-state index in [1.54, 1.807) is 0 Å². The highest BCUT2D eigenvalue weighted by atomic mass is 16.5. The lowest BCUT2D eigenvalue weighted by Gasteiger charge is -1.95. The molecule has 88 valence electrons. The Balaban J connectivity index is 0. The van der Waals surface area contributed by atoms with Crippen LogP contribution >= 0.6 is 0 Å². The second-order valence-corrected chi connectivity index (χ2v) is 2.32. The van der Waals surface area contributed by atoms with Gasteiger partial charge in [-0.2, -0.15) is 0 Å². The molecule has 0 bridgehead atoms. The molecular weight excluding hydrogens is 188 g/mol. The van der Waals surface area contributed by atoms with Gasteiger partial charge in [0.2, 0.25) is 0 Å². The van der Waals surface area contributed by atoms with Crippen LogP contribution in [0.25, 0.3) is 0 Å². The molecule has 0 aromatic heterocycles. The molecule has 0 amide bonds. The van der Waals surface area contributed by atoms with Crippen molar-refractivity contribution in [3.05, 3.63) is 0 Å². The lowest BCUT2D eigenvalue weighted by atomic mass is 10.6. The number of rotatable bonds is 8. The van der Waals surface area contributed by atoms with Crippen LogP contribution in [-0.2, 0) is 4.74 Å². The van der Waals surface area contributed by atoms with Gasteiger partial charge in [-0.15, -0.1) is 0 Å². The summed E-state index contributed by atoms with van der Waals surface area (Å²) in [5.74, 6) is 0. The van der Waals surface area contributed by atoms with Crippen LogP contribution in [0.2, 0.25) is 0 Å². The summed E-state index contributed by atoms with van der Waals surface area (Å²) in [6, 6.07) is 0. The molecule has 0 atom stereocenters. The number of aliphatic hydroxyl groups excluding tert-OH is 3. The number of aliphatic hydroxyl groups is 3. The molecule has 0 unspecified atom stereocenters. The molecule has 0 aliphatic heterocycles. The van der Waals surface area contributed by atoms with Crippen LogP contribution in [0.1, 0.15) is 0 Å². The number of hydrogen-bond donors (Lipinski definition) is 5. The lowest BCUT2D eigenvalue weighted by Crippen LogP contribution is -2.21. The third-order valence-corrected chi connectivity index (χ3v) is 1.07. The van der Waals surface area contributed by atoms with E-state index in [1.165, 1.54) is 0 Å². The zero-order valence-corrected chi connectivity index (χ0v) is 8.48. The SMILES string of the molecule is NCCOCCO.OCCNCCO. The molecule has 0 saturated carbocycles. The molecule has 0 aliphatic carbocycles. The minimum absolute atomic E-state index is 0.0833. The normalized spacial score (nSPS) is 9.43. The fourth-order valence-electron chi connectivity index (χ4n) is 0.533. The Bertz CT molecular complexity index is 67.7. The number of ether oxygens (including phenoxy) is 1. The van der Waals surface area contributed by atoms with Gasteiger partial charge in [-0.1, -0.05) is 0 Å². The van der Waals surface area contributed by atoms with Crippen molar-refractivity contribution in [3.8, 4) is 0 Å². The summed E-state index contributed by atoms with van der Waals surface area (Å²) >= 11 is 0. The van der Waals surface area contributed by atoms with Gasteiger partial charge < -0.3 is 31.1 Å². The molecule has 6 heteroatoms. The van der Waals surface area contributed by atoms with Crippen molar-refractivity contribution in [3.63, 3.8) is 0 Å². The zero-order valence-electron chi connectivity index (χ0n) is 8.48. The van der Waals surface area contributed by atoms with Gasteiger partial charge in [0.15, 0.2) is 0 Å². The van der Waals surface area contributed by atoms with E-state index in [0.717, 1.165) is 0 Å². The van der Waals surface area contributed by atoms with Crippen LogP contribution in [-0.4, -0.2) is 68.0 Å². The van der Waals surface area contributed by atoms with Crippen molar-refractivity contribution < 1.29 is 20.1 Å². The summed E-state index contributed by atoms with van der Waals surface area (Å²) in [4.78, 5) is 0. The minimum atomic E-state index is 0.0833. The fourth-order valence-corrected chi connectivity index (χ4v) is 0.533. The van der Waals surface area contributed by atoms with E-state index >= 15 is 0 Å². The lowest BCUT2D eigenvalue weighted by molar-refractivity contribution is 0.0976. The predicted molar refractivity (Wildman–Crippen MR) is 54.0 cm³/mol. The summed E-state index contributed by atoms with van der Waals surface area (Å²) < 4.78 is 4.76. The molecule has 0 heterocycles. The van der Waals surface area contributed by atoms with Gasteiger partial charge in [0, 0.05) is 19.6 Å². The standard InChI is InChI=1S/2C4H11NO2/c5-1-3-7-4-2-6;6-3-1-5-2-4-7/h6H,1-5H2;5-7H,1-4H2. The molecule has 0 fully saturated rings. The largest absolute Gasteiger partial charge is 0.395 e. The number of nitrogens with two attached hydrogens (primary N) is 1. The summed E-state index contributed by atoms with van der Waals surface area (Å²) in [5, 5.41) is 27.2. The summed E-state index contributed by atoms with van der Waals surface area (Å²) in [7, 11) is 0. The van der Waals surface area contributed by atoms with Crippen molar-refractivity contribution in [2.45, 2.75) is 0 Å². The van der Waals surface area contributed by atoms with Crippen molar-refractivity contribution in [1.82, 2.24) is 5.32 Å². The maximum Gasteiger partial charge on any atom is 0.0698 e. The monoisotopic (exact) mass is 210 g/mol. The van der Waals surface area contributed by atoms with E-state index in [0.29, 0.717) is 32.8 Å². The first-order valence-electron chi connectivity index (χ1n) is 4.64. The van der Waals surface area contributed by atoms with Crippen LogP contribution in [0, 0.1) is 0 Å². The van der Waals surface area contributed by atoms with Gasteiger partial charge in [0.1, 0.15) is 0 Å². The third-order valence-electron chi connectivity index (χ3n) is 1.07. The van der Waals surface area contributed by atoms with Gasteiger partial charge in [0.05, 0.1) is 33.0 Å². The maximum atomic E-state index is 8.15. The van der Waals surface area contributed by atoms with Crippen molar-refractivity contribution in [1.29, 1.82) is 0 Å². The summed E-state index contributed by atoms with van der Waals surface area (Å²) in [6.07, 6.45) is 0. The fraction of sp³-hybridized carbons (Fsp3) is 1.00. The maximum absolute atomic E-state index is 8.15. The molecule has 14 heavy (non-hydrogen) atoms. The number of nitrogens with one attached hydrogen (secondary N) is 1. The van der Waals surface area contributed by atoms with Gasteiger partial charge in [-0.3, -0.25) is 0 Å². The molecule has 0 radical (unpaired) electrons. The van der Waals surface area contributed by atoms with Crippen molar-refractivity contribution in [2.24, 2.45) is 5.73 Å². The van der Waals surface area contributed by atoms with Gasteiger partial charge in [-0.05, 0) is 0 Å². The first-order chi connectivity index (χ1) is 6.83. The highest BCUT2D eigenvalue weighted by Crippen LogP contribution is 1.66. The number of hydrogen-bond acceptors (Lipinski definition) is 6. The van der Waals surface area contributed by atoms with Crippen LogP contribution in [0.15, 0.2) is 0 Å². The highest BCUT2D eigenvalue weighted by Gasteiger charge is 1.79. The quantitative estimate of drug-likeness (QED) is 0.284. The highest BCUT2D eigenvalue weighted by molar-refractivity contribution is 4.39. The molecular formula is C8H22N2O4.